The maximum Gasteiger partial charge on any atom is 0.339 e. The van der Waals surface area contributed by atoms with Gasteiger partial charge in [-0.15, -0.1) is 0 Å². The molecule has 2 saturated heterocycles. The fourth-order valence-corrected chi connectivity index (χ4v) is 5.83. The number of rotatable bonds is 3. The lowest BCUT2D eigenvalue weighted by atomic mass is 10.1. The van der Waals surface area contributed by atoms with Crippen LogP contribution in [0, 0.1) is 6.92 Å². The van der Waals surface area contributed by atoms with E-state index in [0.29, 0.717) is 18.7 Å². The van der Waals surface area contributed by atoms with E-state index < -0.39 is 15.8 Å². The van der Waals surface area contributed by atoms with Crippen LogP contribution in [0.2, 0.25) is 0 Å². The van der Waals surface area contributed by atoms with Crippen molar-refractivity contribution in [2.24, 2.45) is 0 Å². The van der Waals surface area contributed by atoms with Gasteiger partial charge in [-0.2, -0.15) is 0 Å². The zero-order valence-corrected chi connectivity index (χ0v) is 12.6. The molecule has 7 heteroatoms. The number of hydrogen-bond acceptors (Lipinski definition) is 5. The average Bonchev–Trinajstić information content (AvgIpc) is 2.59. The second-order valence-corrected chi connectivity index (χ2v) is 8.39. The van der Waals surface area contributed by atoms with Gasteiger partial charge >= 0.3 is 5.97 Å². The molecule has 0 spiro atoms. The number of hydrogen-bond donors (Lipinski definition) is 2. The lowest BCUT2D eigenvalue weighted by Crippen LogP contribution is -2.39. The van der Waals surface area contributed by atoms with Crippen molar-refractivity contribution in [2.45, 2.75) is 49.1 Å². The molecule has 0 aromatic carbocycles. The van der Waals surface area contributed by atoms with Crippen molar-refractivity contribution in [3.05, 3.63) is 23.4 Å². The van der Waals surface area contributed by atoms with Crippen molar-refractivity contribution in [3.8, 4) is 0 Å². The Morgan fingerprint density at radius 2 is 1.90 bits per heavy atom. The molecular formula is C14H18N2O4S. The summed E-state index contributed by atoms with van der Waals surface area (Å²) in [4.78, 5) is 15.5. The summed E-state index contributed by atoms with van der Waals surface area (Å²) < 4.78 is 24.1. The molecule has 2 atom stereocenters. The van der Waals surface area contributed by atoms with E-state index in [1.165, 1.54) is 6.07 Å². The third-order valence-corrected chi connectivity index (χ3v) is 7.16. The molecule has 114 valence electrons. The molecule has 3 rings (SSSR count). The van der Waals surface area contributed by atoms with Crippen LogP contribution < -0.4 is 5.32 Å². The van der Waals surface area contributed by atoms with E-state index in [0.717, 1.165) is 18.5 Å². The average molecular weight is 310 g/mol. The molecule has 0 aliphatic carbocycles. The monoisotopic (exact) mass is 310 g/mol. The highest BCUT2D eigenvalue weighted by Gasteiger charge is 2.47. The number of sulfone groups is 1. The zero-order valence-electron chi connectivity index (χ0n) is 11.7. The van der Waals surface area contributed by atoms with Crippen molar-refractivity contribution in [1.82, 2.24) is 4.98 Å². The minimum Gasteiger partial charge on any atom is -0.478 e. The van der Waals surface area contributed by atoms with Gasteiger partial charge in [-0.1, -0.05) is 0 Å². The predicted octanol–water partition coefficient (Wildman–Crippen LogP) is 1.61. The first kappa shape index (κ1) is 14.3. The predicted molar refractivity (Wildman–Crippen MR) is 78.3 cm³/mol. The molecule has 1 aromatic rings. The normalized spacial score (nSPS) is 30.0. The van der Waals surface area contributed by atoms with Gasteiger partial charge in [0.25, 0.3) is 0 Å². The topological polar surface area (TPSA) is 96.4 Å². The number of aryl methyl sites for hydroxylation is 1. The molecule has 2 unspecified atom stereocenters. The Morgan fingerprint density at radius 3 is 2.48 bits per heavy atom. The number of carboxylic acids is 1. The minimum absolute atomic E-state index is 0.0292. The molecule has 2 aliphatic heterocycles. The van der Waals surface area contributed by atoms with Crippen molar-refractivity contribution in [3.63, 3.8) is 0 Å². The van der Waals surface area contributed by atoms with Crippen LogP contribution in [0.25, 0.3) is 0 Å². The SMILES string of the molecule is Cc1ccc(C(=O)O)c(NC2CC3CCC(C2)S3(=O)=O)n1. The molecule has 2 aliphatic rings. The van der Waals surface area contributed by atoms with Crippen LogP contribution in [0.15, 0.2) is 12.1 Å². The number of carboxylic acid groups (broad SMARTS) is 1. The van der Waals surface area contributed by atoms with Crippen LogP contribution >= 0.6 is 0 Å². The van der Waals surface area contributed by atoms with E-state index in [1.54, 1.807) is 13.0 Å². The number of anilines is 1. The molecule has 2 N–H and O–H groups in total. The molecule has 0 amide bonds. The van der Waals surface area contributed by atoms with Gasteiger partial charge in [0.1, 0.15) is 11.4 Å². The summed E-state index contributed by atoms with van der Waals surface area (Å²) in [5.74, 6) is -0.692. The van der Waals surface area contributed by atoms with Crippen LogP contribution in [-0.2, 0) is 9.84 Å². The maximum atomic E-state index is 12.1. The largest absolute Gasteiger partial charge is 0.478 e. The van der Waals surface area contributed by atoms with Crippen LogP contribution in [-0.4, -0.2) is 41.0 Å². The number of aromatic nitrogens is 1. The van der Waals surface area contributed by atoms with E-state index >= 15 is 0 Å². The first-order valence-electron chi connectivity index (χ1n) is 7.08. The second kappa shape index (κ2) is 4.98. The summed E-state index contributed by atoms with van der Waals surface area (Å²) in [6, 6.07) is 3.16. The fraction of sp³-hybridized carbons (Fsp3) is 0.571. The first-order chi connectivity index (χ1) is 9.88. The van der Waals surface area contributed by atoms with Crippen LogP contribution in [0.5, 0.6) is 0 Å². The number of fused-ring (bicyclic) bond motifs is 2. The summed E-state index contributed by atoms with van der Waals surface area (Å²) in [7, 11) is -2.97. The maximum absolute atomic E-state index is 12.1. The van der Waals surface area contributed by atoms with Gasteiger partial charge in [-0.05, 0) is 44.7 Å². The zero-order chi connectivity index (χ0) is 15.2. The van der Waals surface area contributed by atoms with Gasteiger partial charge in [0.2, 0.25) is 0 Å². The third-order valence-electron chi connectivity index (χ3n) is 4.44. The lowest BCUT2D eigenvalue weighted by Gasteiger charge is -2.29. The fourth-order valence-electron chi connectivity index (χ4n) is 3.36. The Labute approximate surface area is 123 Å². The highest BCUT2D eigenvalue weighted by atomic mass is 32.2. The number of pyridine rings is 1. The molecule has 3 heterocycles. The van der Waals surface area contributed by atoms with E-state index in [2.05, 4.69) is 10.3 Å². The van der Waals surface area contributed by atoms with Crippen molar-refractivity contribution >= 4 is 21.6 Å². The Hall–Kier alpha value is -1.63. The van der Waals surface area contributed by atoms with Crippen LogP contribution in [0.1, 0.15) is 41.7 Å². The van der Waals surface area contributed by atoms with E-state index in [9.17, 15) is 18.3 Å². The number of aromatic carboxylic acids is 1. The van der Waals surface area contributed by atoms with Crippen molar-refractivity contribution < 1.29 is 18.3 Å². The quantitative estimate of drug-likeness (QED) is 0.880. The molecule has 1 aromatic heterocycles. The lowest BCUT2D eigenvalue weighted by molar-refractivity contribution is 0.0697. The first-order valence-corrected chi connectivity index (χ1v) is 8.69. The van der Waals surface area contributed by atoms with Crippen LogP contribution in [0.3, 0.4) is 0 Å². The molecule has 0 radical (unpaired) electrons. The molecule has 21 heavy (non-hydrogen) atoms. The summed E-state index contributed by atoms with van der Waals surface area (Å²) in [5.41, 5.74) is 0.857. The van der Waals surface area contributed by atoms with Crippen molar-refractivity contribution in [1.29, 1.82) is 0 Å². The number of nitrogens with zero attached hydrogens (tertiary/aromatic N) is 1. The standard InChI is InChI=1S/C14H18N2O4S/c1-8-2-5-12(14(17)18)13(15-8)16-9-6-10-3-4-11(7-9)21(10,19)20/h2,5,9-11H,3-4,6-7H2,1H3,(H,15,16)(H,17,18). The van der Waals surface area contributed by atoms with E-state index in [-0.39, 0.29) is 22.1 Å². The summed E-state index contributed by atoms with van der Waals surface area (Å²) in [5, 5.41) is 11.8. The van der Waals surface area contributed by atoms with Gasteiger partial charge in [-0.25, -0.2) is 18.2 Å². The minimum atomic E-state index is -2.97. The van der Waals surface area contributed by atoms with Gasteiger partial charge in [0, 0.05) is 11.7 Å². The van der Waals surface area contributed by atoms with Crippen molar-refractivity contribution in [2.75, 3.05) is 5.32 Å². The van der Waals surface area contributed by atoms with E-state index in [1.807, 2.05) is 0 Å². The van der Waals surface area contributed by atoms with Gasteiger partial charge in [0.05, 0.1) is 10.5 Å². The summed E-state index contributed by atoms with van der Waals surface area (Å²) in [6.45, 7) is 1.80. The van der Waals surface area contributed by atoms with Gasteiger partial charge in [0.15, 0.2) is 9.84 Å². The molecule has 6 nitrogen and oxygen atoms in total. The summed E-state index contributed by atoms with van der Waals surface area (Å²) in [6.07, 6.45) is 2.51. The van der Waals surface area contributed by atoms with Crippen LogP contribution in [0.4, 0.5) is 5.82 Å². The Balaban J connectivity index is 1.83. The Morgan fingerprint density at radius 1 is 1.29 bits per heavy atom. The smallest absolute Gasteiger partial charge is 0.339 e. The molecule has 2 bridgehead atoms. The Bertz CT molecular complexity index is 666. The molecule has 2 fully saturated rings. The Kier molecular flexibility index (Phi) is 3.39. The molecule has 0 saturated carbocycles. The highest BCUT2D eigenvalue weighted by molar-refractivity contribution is 7.93. The van der Waals surface area contributed by atoms with Gasteiger partial charge in [-0.3, -0.25) is 0 Å². The second-order valence-electron chi connectivity index (χ2n) is 5.88. The molecular weight excluding hydrogens is 292 g/mol. The van der Waals surface area contributed by atoms with Gasteiger partial charge < -0.3 is 10.4 Å². The summed E-state index contributed by atoms with van der Waals surface area (Å²) >= 11 is 0. The highest BCUT2D eigenvalue weighted by Crippen LogP contribution is 2.39. The number of carbonyl (C=O) groups is 1. The third kappa shape index (κ3) is 2.50. The number of nitrogens with one attached hydrogen (secondary N) is 1. The van der Waals surface area contributed by atoms with E-state index in [4.69, 9.17) is 0 Å².